The number of nitrogens with zero attached hydrogens (tertiary/aromatic N) is 2. The van der Waals surface area contributed by atoms with Gasteiger partial charge in [0, 0.05) is 53.5 Å². The quantitative estimate of drug-likeness (QED) is 0.587. The lowest BCUT2D eigenvalue weighted by molar-refractivity contribution is -0.139. The van der Waals surface area contributed by atoms with Gasteiger partial charge in [-0.3, -0.25) is 14.5 Å². The second kappa shape index (κ2) is 8.37. The third-order valence-corrected chi connectivity index (χ3v) is 6.87. The predicted molar refractivity (Wildman–Crippen MR) is 133 cm³/mol. The van der Waals surface area contributed by atoms with E-state index in [0.717, 1.165) is 27.7 Å². The minimum Gasteiger partial charge on any atom is -0.496 e. The molecule has 0 radical (unpaired) electrons. The van der Waals surface area contributed by atoms with Crippen LogP contribution in [0.4, 0.5) is 5.69 Å². The molecule has 2 aromatic carbocycles. The molecule has 8 nitrogen and oxygen atoms in total. The molecule has 3 heterocycles. The summed E-state index contributed by atoms with van der Waals surface area (Å²) >= 11 is 0. The van der Waals surface area contributed by atoms with Gasteiger partial charge in [0.05, 0.1) is 39.0 Å². The molecule has 5 rings (SSSR count). The van der Waals surface area contributed by atoms with Crippen molar-refractivity contribution in [2.24, 2.45) is 0 Å². The number of amides is 2. The van der Waals surface area contributed by atoms with Crippen LogP contribution in [0.3, 0.4) is 0 Å². The van der Waals surface area contributed by atoms with Crippen LogP contribution in [0.2, 0.25) is 0 Å². The standard InChI is InChI=1S/C27H29N3O5/c1-14(2)29-12-17-24(16-10-22(34-5)23(35-6)11-21(16)33-4)26-19(13-30(15(3)31)27(26)32)28-18-8-7-9-20(29)25(17)18/h7-12,14,24,28H,13H2,1-6H3/t24-/m1/s1. The summed E-state index contributed by atoms with van der Waals surface area (Å²) in [5, 5.41) is 4.54. The highest BCUT2D eigenvalue weighted by molar-refractivity contribution is 6.11. The first-order chi connectivity index (χ1) is 16.8. The van der Waals surface area contributed by atoms with Crippen LogP contribution in [0.1, 0.15) is 43.9 Å². The van der Waals surface area contributed by atoms with Crippen LogP contribution in [-0.2, 0) is 9.59 Å². The summed E-state index contributed by atoms with van der Waals surface area (Å²) in [5.41, 5.74) is 4.95. The number of aromatic nitrogens is 1. The van der Waals surface area contributed by atoms with Gasteiger partial charge in [-0.15, -0.1) is 0 Å². The number of methoxy groups -OCH3 is 3. The maximum absolute atomic E-state index is 13.7. The smallest absolute Gasteiger partial charge is 0.259 e. The molecule has 2 aliphatic rings. The molecule has 0 aliphatic carbocycles. The van der Waals surface area contributed by atoms with Gasteiger partial charge in [-0.2, -0.15) is 0 Å². The molecule has 0 bridgehead atoms. The molecule has 0 saturated heterocycles. The molecule has 0 fully saturated rings. The van der Waals surface area contributed by atoms with E-state index in [0.29, 0.717) is 28.5 Å². The molecule has 1 N–H and O–H groups in total. The Morgan fingerprint density at radius 3 is 2.34 bits per heavy atom. The summed E-state index contributed by atoms with van der Waals surface area (Å²) < 4.78 is 19.1. The molecular weight excluding hydrogens is 446 g/mol. The number of imide groups is 1. The Morgan fingerprint density at radius 2 is 1.71 bits per heavy atom. The number of anilines is 1. The van der Waals surface area contributed by atoms with Crippen molar-refractivity contribution in [2.45, 2.75) is 32.7 Å². The van der Waals surface area contributed by atoms with Crippen molar-refractivity contribution in [1.29, 1.82) is 0 Å². The summed E-state index contributed by atoms with van der Waals surface area (Å²) in [7, 11) is 4.74. The summed E-state index contributed by atoms with van der Waals surface area (Å²) in [6.07, 6.45) is 2.11. The van der Waals surface area contributed by atoms with Crippen LogP contribution in [0.25, 0.3) is 10.9 Å². The fourth-order valence-electron chi connectivity index (χ4n) is 5.26. The minimum atomic E-state index is -0.491. The Labute approximate surface area is 204 Å². The Kier molecular flexibility index (Phi) is 5.46. The minimum absolute atomic E-state index is 0.195. The van der Waals surface area contributed by atoms with Crippen LogP contribution in [0.15, 0.2) is 47.8 Å². The Hall–Kier alpha value is -3.94. The van der Waals surface area contributed by atoms with E-state index >= 15 is 0 Å². The van der Waals surface area contributed by atoms with Crippen LogP contribution in [0, 0.1) is 0 Å². The number of benzene rings is 2. The molecule has 182 valence electrons. The molecule has 1 aromatic heterocycles. The number of carbonyl (C=O) groups excluding carboxylic acids is 2. The Balaban J connectivity index is 1.87. The topological polar surface area (TPSA) is 82.0 Å². The van der Waals surface area contributed by atoms with Crippen molar-refractivity contribution in [3.63, 3.8) is 0 Å². The van der Waals surface area contributed by atoms with Gasteiger partial charge in [0.25, 0.3) is 5.91 Å². The van der Waals surface area contributed by atoms with Gasteiger partial charge in [-0.1, -0.05) is 6.07 Å². The second-order valence-corrected chi connectivity index (χ2v) is 9.09. The van der Waals surface area contributed by atoms with E-state index in [9.17, 15) is 9.59 Å². The van der Waals surface area contributed by atoms with Gasteiger partial charge in [0.1, 0.15) is 5.75 Å². The lowest BCUT2D eigenvalue weighted by Crippen LogP contribution is -2.33. The van der Waals surface area contributed by atoms with Gasteiger partial charge in [0.15, 0.2) is 11.5 Å². The van der Waals surface area contributed by atoms with Crippen molar-refractivity contribution < 1.29 is 23.8 Å². The highest BCUT2D eigenvalue weighted by Crippen LogP contribution is 2.50. The fraction of sp³-hybridized carbons (Fsp3) is 0.333. The zero-order chi connectivity index (χ0) is 25.0. The van der Waals surface area contributed by atoms with Crippen LogP contribution >= 0.6 is 0 Å². The summed E-state index contributed by atoms with van der Waals surface area (Å²) in [4.78, 5) is 27.3. The van der Waals surface area contributed by atoms with Crippen molar-refractivity contribution in [3.05, 3.63) is 58.9 Å². The Morgan fingerprint density at radius 1 is 1.03 bits per heavy atom. The Bertz CT molecular complexity index is 1400. The van der Waals surface area contributed by atoms with E-state index < -0.39 is 5.92 Å². The second-order valence-electron chi connectivity index (χ2n) is 9.09. The number of hydrogen-bond acceptors (Lipinski definition) is 6. The molecule has 0 saturated carbocycles. The number of carbonyl (C=O) groups is 2. The summed E-state index contributed by atoms with van der Waals surface area (Å²) in [6, 6.07) is 9.95. The first-order valence-corrected chi connectivity index (χ1v) is 11.6. The number of hydrogen-bond donors (Lipinski definition) is 1. The number of rotatable bonds is 5. The molecule has 0 unspecified atom stereocenters. The van der Waals surface area contributed by atoms with Crippen molar-refractivity contribution in [3.8, 4) is 17.2 Å². The zero-order valence-electron chi connectivity index (χ0n) is 20.8. The lowest BCUT2D eigenvalue weighted by Gasteiger charge is -2.23. The third-order valence-electron chi connectivity index (χ3n) is 6.87. The lowest BCUT2D eigenvalue weighted by atomic mass is 9.83. The molecule has 8 heteroatoms. The van der Waals surface area contributed by atoms with Gasteiger partial charge in [-0.05, 0) is 37.6 Å². The highest BCUT2D eigenvalue weighted by atomic mass is 16.5. The van der Waals surface area contributed by atoms with E-state index in [4.69, 9.17) is 14.2 Å². The van der Waals surface area contributed by atoms with Crippen LogP contribution in [0.5, 0.6) is 17.2 Å². The molecule has 35 heavy (non-hydrogen) atoms. The summed E-state index contributed by atoms with van der Waals surface area (Å²) in [5.74, 6) is 0.543. The molecule has 0 spiro atoms. The molecule has 2 amide bonds. The first-order valence-electron chi connectivity index (χ1n) is 11.6. The van der Waals surface area contributed by atoms with E-state index in [1.807, 2.05) is 18.2 Å². The third kappa shape index (κ3) is 3.35. The summed E-state index contributed by atoms with van der Waals surface area (Å²) in [6.45, 7) is 5.87. The number of nitrogens with one attached hydrogen (secondary N) is 1. The van der Waals surface area contributed by atoms with E-state index in [-0.39, 0.29) is 24.4 Å². The van der Waals surface area contributed by atoms with Gasteiger partial charge >= 0.3 is 0 Å². The van der Waals surface area contributed by atoms with Crippen molar-refractivity contribution in [1.82, 2.24) is 9.47 Å². The monoisotopic (exact) mass is 475 g/mol. The molecule has 2 aliphatic heterocycles. The van der Waals surface area contributed by atoms with Gasteiger partial charge < -0.3 is 24.1 Å². The average Bonchev–Trinajstić information content (AvgIpc) is 3.34. The fourth-order valence-corrected chi connectivity index (χ4v) is 5.26. The van der Waals surface area contributed by atoms with E-state index in [1.54, 1.807) is 27.4 Å². The zero-order valence-corrected chi connectivity index (χ0v) is 20.8. The van der Waals surface area contributed by atoms with Gasteiger partial charge in [0.2, 0.25) is 5.91 Å². The van der Waals surface area contributed by atoms with E-state index in [1.165, 1.54) is 11.8 Å². The normalized spacial score (nSPS) is 16.9. The molecular formula is C27H29N3O5. The van der Waals surface area contributed by atoms with Crippen LogP contribution in [-0.4, -0.2) is 49.2 Å². The average molecular weight is 476 g/mol. The highest BCUT2D eigenvalue weighted by Gasteiger charge is 2.43. The molecule has 1 atom stereocenters. The largest absolute Gasteiger partial charge is 0.496 e. The predicted octanol–water partition coefficient (Wildman–Crippen LogP) is 4.45. The van der Waals surface area contributed by atoms with Gasteiger partial charge in [-0.25, -0.2) is 0 Å². The molecule has 3 aromatic rings. The van der Waals surface area contributed by atoms with Crippen molar-refractivity contribution >= 4 is 28.4 Å². The van der Waals surface area contributed by atoms with Crippen LogP contribution < -0.4 is 19.5 Å². The van der Waals surface area contributed by atoms with E-state index in [2.05, 4.69) is 36.0 Å². The maximum Gasteiger partial charge on any atom is 0.259 e. The van der Waals surface area contributed by atoms with Crippen molar-refractivity contribution in [2.75, 3.05) is 33.2 Å². The SMILES string of the molecule is COc1cc(OC)c([C@H]2C3=C(CN(C(C)=O)C3=O)Nc3cccc4c3c2cn4C(C)C)cc1OC. The number of ether oxygens (including phenoxy) is 3. The maximum atomic E-state index is 13.7. The first kappa shape index (κ1) is 22.8.